The van der Waals surface area contributed by atoms with Crippen LogP contribution in [0, 0.1) is 13.8 Å². The molecule has 0 aliphatic carbocycles. The van der Waals surface area contributed by atoms with E-state index < -0.39 is 5.56 Å². The Balaban J connectivity index is 2.07. The van der Waals surface area contributed by atoms with Gasteiger partial charge in [0, 0.05) is 12.6 Å². The minimum atomic E-state index is -0.413. The van der Waals surface area contributed by atoms with E-state index in [2.05, 4.69) is 10.6 Å². The highest BCUT2D eigenvalue weighted by atomic mass is 16.3. The molecule has 0 aliphatic rings. The predicted molar refractivity (Wildman–Crippen MR) is 85.0 cm³/mol. The number of hydrogen-bond acceptors (Lipinski definition) is 4. The first-order chi connectivity index (χ1) is 10.9. The van der Waals surface area contributed by atoms with Crippen LogP contribution in [0.5, 0.6) is 0 Å². The minimum Gasteiger partial charge on any atom is -0.465 e. The minimum absolute atomic E-state index is 0.127. The van der Waals surface area contributed by atoms with E-state index in [1.165, 1.54) is 17.6 Å². The van der Waals surface area contributed by atoms with E-state index >= 15 is 0 Å². The number of carbonyl (C=O) groups is 2. The average Bonchev–Trinajstić information content (AvgIpc) is 2.90. The number of aryl methyl sites for hydroxylation is 2. The number of aromatic nitrogens is 1. The first-order valence-corrected chi connectivity index (χ1v) is 7.17. The van der Waals surface area contributed by atoms with Crippen molar-refractivity contribution in [3.05, 3.63) is 51.8 Å². The number of amides is 2. The zero-order chi connectivity index (χ0) is 17.0. The van der Waals surface area contributed by atoms with Crippen molar-refractivity contribution in [3.8, 4) is 0 Å². The maximum atomic E-state index is 12.3. The Morgan fingerprint density at radius 1 is 1.17 bits per heavy atom. The molecule has 0 aliphatic heterocycles. The van der Waals surface area contributed by atoms with E-state index in [0.29, 0.717) is 11.5 Å². The standard InChI is InChI=1S/C16H19N3O4/c1-10-4-7-14(18-12(3)20)16(22)19(10)9-15(21)17-8-13-6-5-11(2)23-13/h4-7H,8-9H2,1-3H3,(H,17,21)(H,18,20). The molecule has 0 bridgehead atoms. The second-order valence-corrected chi connectivity index (χ2v) is 5.25. The molecule has 0 fully saturated rings. The van der Waals surface area contributed by atoms with Crippen LogP contribution in [0.15, 0.2) is 33.5 Å². The van der Waals surface area contributed by atoms with Gasteiger partial charge in [-0.25, -0.2) is 0 Å². The van der Waals surface area contributed by atoms with E-state index in [1.807, 2.05) is 13.0 Å². The summed E-state index contributed by atoms with van der Waals surface area (Å²) in [6.45, 7) is 5.00. The summed E-state index contributed by atoms with van der Waals surface area (Å²) in [5, 5.41) is 5.15. The first-order valence-electron chi connectivity index (χ1n) is 7.17. The Bertz CT molecular complexity index is 789. The van der Waals surface area contributed by atoms with Crippen molar-refractivity contribution >= 4 is 17.5 Å². The van der Waals surface area contributed by atoms with Gasteiger partial charge in [0.25, 0.3) is 5.56 Å². The SMILES string of the molecule is CC(=O)Nc1ccc(C)n(CC(=O)NCc2ccc(C)o2)c1=O. The van der Waals surface area contributed by atoms with Gasteiger partial charge < -0.3 is 19.6 Å². The average molecular weight is 317 g/mol. The van der Waals surface area contributed by atoms with E-state index in [9.17, 15) is 14.4 Å². The molecule has 122 valence electrons. The van der Waals surface area contributed by atoms with Crippen molar-refractivity contribution in [2.45, 2.75) is 33.9 Å². The smallest absolute Gasteiger partial charge is 0.274 e. The molecular formula is C16H19N3O4. The molecule has 2 aromatic rings. The summed E-state index contributed by atoms with van der Waals surface area (Å²) in [4.78, 5) is 35.4. The molecule has 7 nitrogen and oxygen atoms in total. The topological polar surface area (TPSA) is 93.3 Å². The summed E-state index contributed by atoms with van der Waals surface area (Å²) < 4.78 is 6.68. The molecule has 2 amide bonds. The third kappa shape index (κ3) is 4.32. The van der Waals surface area contributed by atoms with E-state index in [1.54, 1.807) is 19.1 Å². The van der Waals surface area contributed by atoms with Gasteiger partial charge in [0.05, 0.1) is 6.54 Å². The summed E-state index contributed by atoms with van der Waals surface area (Å²) in [6.07, 6.45) is 0. The zero-order valence-electron chi connectivity index (χ0n) is 13.3. The van der Waals surface area contributed by atoms with Crippen molar-refractivity contribution < 1.29 is 14.0 Å². The zero-order valence-corrected chi connectivity index (χ0v) is 13.3. The molecule has 7 heteroatoms. The fourth-order valence-corrected chi connectivity index (χ4v) is 2.12. The van der Waals surface area contributed by atoms with Crippen molar-refractivity contribution in [1.29, 1.82) is 0 Å². The number of nitrogens with zero attached hydrogens (tertiary/aromatic N) is 1. The summed E-state index contributed by atoms with van der Waals surface area (Å²) in [7, 11) is 0. The van der Waals surface area contributed by atoms with Crippen LogP contribution >= 0.6 is 0 Å². The van der Waals surface area contributed by atoms with Crippen molar-refractivity contribution in [3.63, 3.8) is 0 Å². The van der Waals surface area contributed by atoms with Gasteiger partial charge in [-0.15, -0.1) is 0 Å². The lowest BCUT2D eigenvalue weighted by molar-refractivity contribution is -0.122. The molecule has 2 rings (SSSR count). The molecule has 0 aromatic carbocycles. The summed E-state index contributed by atoms with van der Waals surface area (Å²) >= 11 is 0. The Hall–Kier alpha value is -2.83. The molecule has 0 atom stereocenters. The third-order valence-electron chi connectivity index (χ3n) is 3.26. The number of nitrogens with one attached hydrogen (secondary N) is 2. The molecule has 0 spiro atoms. The lowest BCUT2D eigenvalue weighted by atomic mass is 10.3. The van der Waals surface area contributed by atoms with Gasteiger partial charge in [0.1, 0.15) is 23.8 Å². The molecular weight excluding hydrogens is 298 g/mol. The number of rotatable bonds is 5. The third-order valence-corrected chi connectivity index (χ3v) is 3.26. The highest BCUT2D eigenvalue weighted by Gasteiger charge is 2.11. The highest BCUT2D eigenvalue weighted by molar-refractivity contribution is 5.88. The highest BCUT2D eigenvalue weighted by Crippen LogP contribution is 2.06. The van der Waals surface area contributed by atoms with Gasteiger partial charge in [-0.1, -0.05) is 0 Å². The van der Waals surface area contributed by atoms with Crippen LogP contribution in [0.3, 0.4) is 0 Å². The molecule has 2 heterocycles. The number of carbonyl (C=O) groups excluding carboxylic acids is 2. The molecule has 0 saturated heterocycles. The van der Waals surface area contributed by atoms with E-state index in [-0.39, 0.29) is 30.6 Å². The molecule has 0 unspecified atom stereocenters. The van der Waals surface area contributed by atoms with Crippen molar-refractivity contribution in [1.82, 2.24) is 9.88 Å². The largest absolute Gasteiger partial charge is 0.465 e. The Morgan fingerprint density at radius 2 is 1.91 bits per heavy atom. The summed E-state index contributed by atoms with van der Waals surface area (Å²) in [5.41, 5.74) is 0.370. The van der Waals surface area contributed by atoms with Crippen LogP contribution in [-0.2, 0) is 22.7 Å². The van der Waals surface area contributed by atoms with Crippen LogP contribution in [0.2, 0.25) is 0 Å². The molecule has 23 heavy (non-hydrogen) atoms. The monoisotopic (exact) mass is 317 g/mol. The maximum absolute atomic E-state index is 12.3. The van der Waals surface area contributed by atoms with Gasteiger partial charge in [-0.3, -0.25) is 14.4 Å². The Kier molecular flexibility index (Phi) is 5.00. The van der Waals surface area contributed by atoms with Gasteiger partial charge >= 0.3 is 0 Å². The number of hydrogen-bond donors (Lipinski definition) is 2. The molecule has 0 radical (unpaired) electrons. The fraction of sp³-hybridized carbons (Fsp3) is 0.312. The second-order valence-electron chi connectivity index (χ2n) is 5.25. The molecule has 2 N–H and O–H groups in total. The quantitative estimate of drug-likeness (QED) is 0.870. The second kappa shape index (κ2) is 6.95. The van der Waals surface area contributed by atoms with Crippen molar-refractivity contribution in [2.75, 3.05) is 5.32 Å². The predicted octanol–water partition coefficient (Wildman–Crippen LogP) is 1.33. The van der Waals surface area contributed by atoms with Gasteiger partial charge in [0.15, 0.2) is 0 Å². The van der Waals surface area contributed by atoms with E-state index in [0.717, 1.165) is 5.76 Å². The van der Waals surface area contributed by atoms with E-state index in [4.69, 9.17) is 4.42 Å². The number of anilines is 1. The maximum Gasteiger partial charge on any atom is 0.274 e. The van der Waals surface area contributed by atoms with Crippen LogP contribution in [0.4, 0.5) is 5.69 Å². The lowest BCUT2D eigenvalue weighted by Gasteiger charge is -2.12. The normalized spacial score (nSPS) is 10.4. The number of pyridine rings is 1. The van der Waals surface area contributed by atoms with Crippen LogP contribution < -0.4 is 16.2 Å². The molecule has 0 saturated carbocycles. The summed E-state index contributed by atoms with van der Waals surface area (Å²) in [6, 6.07) is 6.80. The Morgan fingerprint density at radius 3 is 2.52 bits per heavy atom. The van der Waals surface area contributed by atoms with Gasteiger partial charge in [0.2, 0.25) is 11.8 Å². The van der Waals surface area contributed by atoms with Gasteiger partial charge in [-0.05, 0) is 38.1 Å². The van der Waals surface area contributed by atoms with Crippen molar-refractivity contribution in [2.24, 2.45) is 0 Å². The number of furan rings is 1. The van der Waals surface area contributed by atoms with Crippen LogP contribution in [0.1, 0.15) is 24.1 Å². The van der Waals surface area contributed by atoms with Crippen LogP contribution in [0.25, 0.3) is 0 Å². The van der Waals surface area contributed by atoms with Crippen LogP contribution in [-0.4, -0.2) is 16.4 Å². The summed E-state index contributed by atoms with van der Waals surface area (Å²) in [5.74, 6) is 0.760. The Labute approximate surface area is 133 Å². The fourth-order valence-electron chi connectivity index (χ4n) is 2.12. The molecule has 2 aromatic heterocycles. The van der Waals surface area contributed by atoms with Gasteiger partial charge in [-0.2, -0.15) is 0 Å². The first kappa shape index (κ1) is 16.5. The lowest BCUT2D eigenvalue weighted by Crippen LogP contribution is -2.34.